The van der Waals surface area contributed by atoms with Gasteiger partial charge in [-0.25, -0.2) is 4.98 Å². The smallest absolute Gasteiger partial charge is 0.109 e. The number of nitrogens with one attached hydrogen (secondary N) is 1. The molecule has 0 amide bonds. The second-order valence-electron chi connectivity index (χ2n) is 2.40. The first kappa shape index (κ1) is 9.24. The van der Waals surface area contributed by atoms with E-state index in [4.69, 9.17) is 0 Å². The number of aromatic nitrogens is 1. The van der Waals surface area contributed by atoms with Crippen molar-refractivity contribution in [2.75, 3.05) is 6.54 Å². The summed E-state index contributed by atoms with van der Waals surface area (Å²) in [6, 6.07) is 0.311. The van der Waals surface area contributed by atoms with Crippen molar-refractivity contribution in [3.8, 4) is 11.8 Å². The molecule has 0 fully saturated rings. The third-order valence-corrected chi connectivity index (χ3v) is 2.45. The van der Waals surface area contributed by atoms with Crippen molar-refractivity contribution >= 4 is 11.3 Å². The second kappa shape index (κ2) is 4.91. The lowest BCUT2D eigenvalue weighted by molar-refractivity contribution is 0.619. The maximum absolute atomic E-state index is 4.20. The molecule has 0 aliphatic carbocycles. The van der Waals surface area contributed by atoms with Crippen LogP contribution in [0.2, 0.25) is 0 Å². The minimum absolute atomic E-state index is 0.311. The van der Waals surface area contributed by atoms with E-state index in [0.29, 0.717) is 6.04 Å². The first-order valence-electron chi connectivity index (χ1n) is 3.87. The van der Waals surface area contributed by atoms with Gasteiger partial charge in [-0.05, 0) is 13.8 Å². The van der Waals surface area contributed by atoms with E-state index >= 15 is 0 Å². The highest BCUT2D eigenvalue weighted by atomic mass is 32.1. The Morgan fingerprint density at radius 2 is 2.58 bits per heavy atom. The van der Waals surface area contributed by atoms with Crippen LogP contribution in [0.1, 0.15) is 24.9 Å². The molecule has 0 saturated heterocycles. The largest absolute Gasteiger partial charge is 0.297 e. The van der Waals surface area contributed by atoms with Crippen LogP contribution in [-0.4, -0.2) is 11.5 Å². The lowest BCUT2D eigenvalue weighted by Gasteiger charge is -2.06. The number of hydrogen-bond acceptors (Lipinski definition) is 3. The zero-order valence-corrected chi connectivity index (χ0v) is 8.11. The zero-order valence-electron chi connectivity index (χ0n) is 7.29. The van der Waals surface area contributed by atoms with Gasteiger partial charge in [-0.1, -0.05) is 5.92 Å². The Kier molecular flexibility index (Phi) is 3.78. The van der Waals surface area contributed by atoms with Crippen LogP contribution in [0.25, 0.3) is 0 Å². The van der Waals surface area contributed by atoms with E-state index in [9.17, 15) is 0 Å². The molecule has 1 atom stereocenters. The minimum Gasteiger partial charge on any atom is -0.297 e. The van der Waals surface area contributed by atoms with Crippen LogP contribution in [0.5, 0.6) is 0 Å². The van der Waals surface area contributed by atoms with E-state index in [-0.39, 0.29) is 0 Å². The van der Waals surface area contributed by atoms with Crippen LogP contribution in [0.3, 0.4) is 0 Å². The second-order valence-corrected chi connectivity index (χ2v) is 3.33. The van der Waals surface area contributed by atoms with Crippen LogP contribution < -0.4 is 5.32 Å². The molecule has 0 aliphatic rings. The Hall–Kier alpha value is -0.850. The summed E-state index contributed by atoms with van der Waals surface area (Å²) in [7, 11) is 0. The molecular formula is C9H12N2S. The quantitative estimate of drug-likeness (QED) is 0.718. The van der Waals surface area contributed by atoms with Crippen LogP contribution in [0.15, 0.2) is 11.6 Å². The van der Waals surface area contributed by atoms with Crippen molar-refractivity contribution in [2.24, 2.45) is 0 Å². The maximum atomic E-state index is 4.20. The molecule has 2 nitrogen and oxygen atoms in total. The predicted octanol–water partition coefficient (Wildman–Crippen LogP) is 1.82. The zero-order chi connectivity index (χ0) is 8.81. The summed E-state index contributed by atoms with van der Waals surface area (Å²) in [6.07, 6.45) is 1.82. The first-order chi connectivity index (χ1) is 5.84. The van der Waals surface area contributed by atoms with E-state index < -0.39 is 0 Å². The number of hydrogen-bond donors (Lipinski definition) is 1. The number of rotatable bonds is 3. The molecule has 0 aliphatic heterocycles. The molecule has 1 unspecified atom stereocenters. The summed E-state index contributed by atoms with van der Waals surface area (Å²) in [5, 5.41) is 6.36. The van der Waals surface area contributed by atoms with Crippen LogP contribution >= 0.6 is 11.3 Å². The SMILES string of the molecule is CC#CCNC(C)c1nccs1. The van der Waals surface area contributed by atoms with Gasteiger partial charge in [0.15, 0.2) is 0 Å². The average Bonchev–Trinajstić information content (AvgIpc) is 2.56. The molecule has 0 bridgehead atoms. The fraction of sp³-hybridized carbons (Fsp3) is 0.444. The normalized spacial score (nSPS) is 11.8. The van der Waals surface area contributed by atoms with Gasteiger partial charge in [-0.3, -0.25) is 5.32 Å². The van der Waals surface area contributed by atoms with Gasteiger partial charge in [0.25, 0.3) is 0 Å². The topological polar surface area (TPSA) is 24.9 Å². The van der Waals surface area contributed by atoms with Crippen LogP contribution in [0.4, 0.5) is 0 Å². The van der Waals surface area contributed by atoms with Gasteiger partial charge in [-0.15, -0.1) is 17.3 Å². The highest BCUT2D eigenvalue weighted by Crippen LogP contribution is 2.13. The van der Waals surface area contributed by atoms with E-state index in [1.54, 1.807) is 11.3 Å². The Morgan fingerprint density at radius 1 is 1.75 bits per heavy atom. The molecule has 1 aromatic rings. The molecule has 64 valence electrons. The highest BCUT2D eigenvalue weighted by Gasteiger charge is 2.04. The van der Waals surface area contributed by atoms with Crippen molar-refractivity contribution < 1.29 is 0 Å². The number of thiazole rings is 1. The summed E-state index contributed by atoms with van der Waals surface area (Å²) in [5.74, 6) is 5.80. The van der Waals surface area contributed by atoms with Gasteiger partial charge in [-0.2, -0.15) is 0 Å². The molecular weight excluding hydrogens is 168 g/mol. The standard InChI is InChI=1S/C9H12N2S/c1-3-4-5-10-8(2)9-11-6-7-12-9/h6-8,10H,5H2,1-2H3. The molecule has 0 saturated carbocycles. The Morgan fingerprint density at radius 3 is 3.17 bits per heavy atom. The molecule has 0 radical (unpaired) electrons. The van der Waals surface area contributed by atoms with Crippen LogP contribution in [0, 0.1) is 11.8 Å². The summed E-state index contributed by atoms with van der Waals surface area (Å²) < 4.78 is 0. The average molecular weight is 180 g/mol. The van der Waals surface area contributed by atoms with E-state index in [2.05, 4.69) is 29.1 Å². The van der Waals surface area contributed by atoms with Gasteiger partial charge in [0, 0.05) is 11.6 Å². The summed E-state index contributed by atoms with van der Waals surface area (Å²) in [4.78, 5) is 4.20. The van der Waals surface area contributed by atoms with Gasteiger partial charge >= 0.3 is 0 Å². The van der Waals surface area contributed by atoms with Gasteiger partial charge in [0.1, 0.15) is 5.01 Å². The van der Waals surface area contributed by atoms with Gasteiger partial charge < -0.3 is 0 Å². The summed E-state index contributed by atoms with van der Waals surface area (Å²) in [5.41, 5.74) is 0. The molecule has 1 heterocycles. The van der Waals surface area contributed by atoms with Crippen molar-refractivity contribution in [3.05, 3.63) is 16.6 Å². The minimum atomic E-state index is 0.311. The molecule has 0 spiro atoms. The van der Waals surface area contributed by atoms with Gasteiger partial charge in [0.05, 0.1) is 12.6 Å². The molecule has 3 heteroatoms. The molecule has 1 rings (SSSR count). The fourth-order valence-electron chi connectivity index (χ4n) is 0.828. The van der Waals surface area contributed by atoms with Crippen LogP contribution in [-0.2, 0) is 0 Å². The maximum Gasteiger partial charge on any atom is 0.109 e. The van der Waals surface area contributed by atoms with Crippen molar-refractivity contribution in [1.82, 2.24) is 10.3 Å². The Labute approximate surface area is 77.0 Å². The van der Waals surface area contributed by atoms with Crippen molar-refractivity contribution in [2.45, 2.75) is 19.9 Å². The number of nitrogens with zero attached hydrogens (tertiary/aromatic N) is 1. The summed E-state index contributed by atoms with van der Waals surface area (Å²) >= 11 is 1.67. The predicted molar refractivity (Wildman–Crippen MR) is 52.0 cm³/mol. The fourth-order valence-corrected chi connectivity index (χ4v) is 1.50. The lowest BCUT2D eigenvalue weighted by Crippen LogP contribution is -2.18. The van der Waals surface area contributed by atoms with Crippen molar-refractivity contribution in [1.29, 1.82) is 0 Å². The Balaban J connectivity index is 2.37. The lowest BCUT2D eigenvalue weighted by atomic mass is 10.3. The highest BCUT2D eigenvalue weighted by molar-refractivity contribution is 7.09. The monoisotopic (exact) mass is 180 g/mol. The Bertz CT molecular complexity index is 268. The third kappa shape index (κ3) is 2.65. The molecule has 1 aromatic heterocycles. The molecule has 12 heavy (non-hydrogen) atoms. The molecule has 1 N–H and O–H groups in total. The van der Waals surface area contributed by atoms with E-state index in [0.717, 1.165) is 11.6 Å². The van der Waals surface area contributed by atoms with E-state index in [1.165, 1.54) is 0 Å². The molecule has 0 aromatic carbocycles. The van der Waals surface area contributed by atoms with Gasteiger partial charge in [0.2, 0.25) is 0 Å². The van der Waals surface area contributed by atoms with Crippen molar-refractivity contribution in [3.63, 3.8) is 0 Å². The summed E-state index contributed by atoms with van der Waals surface area (Å²) in [6.45, 7) is 4.67. The third-order valence-electron chi connectivity index (χ3n) is 1.50. The van der Waals surface area contributed by atoms with E-state index in [1.807, 2.05) is 18.5 Å². The first-order valence-corrected chi connectivity index (χ1v) is 4.75.